The standard InChI is InChI=1S/C29H48NO6P.C16H32O2.C2H2/c1-5-9-10-11-12-13-14-15-16-17-18-19-20-22-29(31)34-26-21-27-35-37(32,33)36-28-25-30(8-4,23-6-2)24-7-3;1-2-3-4-5-6-7-8-9-10-11-12-13-14-15-16(17)18;1-2/h2-4H,5,9-28H2,1H3;2-15H2,1H3,(H,17,18);1-2H/p+1. The van der Waals surface area contributed by atoms with Gasteiger partial charge in [-0.05, 0) is 24.7 Å². The zero-order chi connectivity index (χ0) is 43.1. The number of phosphoric acid groups is 1. The van der Waals surface area contributed by atoms with E-state index in [4.69, 9.17) is 38.2 Å². The molecule has 0 aliphatic rings. The summed E-state index contributed by atoms with van der Waals surface area (Å²) in [6, 6.07) is 2.53. The molecule has 1 unspecified atom stereocenters. The number of hydrogen-bond donors (Lipinski definition) is 2. The molecule has 0 rings (SSSR count). The van der Waals surface area contributed by atoms with Crippen molar-refractivity contribution in [1.29, 1.82) is 0 Å². The zero-order valence-corrected chi connectivity index (χ0v) is 37.3. The quantitative estimate of drug-likeness (QED) is 0.0207. The minimum atomic E-state index is -4.26. The molecule has 1 atom stereocenters. The number of carbonyl (C=O) groups excluding carboxylic acids is 1. The van der Waals surface area contributed by atoms with Gasteiger partial charge in [-0.15, -0.1) is 25.7 Å². The van der Waals surface area contributed by atoms with Gasteiger partial charge in [-0.3, -0.25) is 18.6 Å². The van der Waals surface area contributed by atoms with Crippen molar-refractivity contribution in [2.75, 3.05) is 39.5 Å². The number of unbranched alkanes of at least 4 members (excludes halogenated alkanes) is 24. The van der Waals surface area contributed by atoms with E-state index in [1.54, 1.807) is 0 Å². The molecule has 0 aromatic heterocycles. The zero-order valence-electron chi connectivity index (χ0n) is 36.4. The van der Waals surface area contributed by atoms with Gasteiger partial charge in [-0.25, -0.2) is 9.05 Å². The van der Waals surface area contributed by atoms with E-state index in [-0.39, 0.29) is 56.3 Å². The summed E-state index contributed by atoms with van der Waals surface area (Å²) in [7, 11) is -4.26. The van der Waals surface area contributed by atoms with Crippen molar-refractivity contribution < 1.29 is 42.4 Å². The van der Waals surface area contributed by atoms with Crippen LogP contribution in [-0.2, 0) is 27.9 Å². The Morgan fingerprint density at radius 1 is 0.544 bits per heavy atom. The van der Waals surface area contributed by atoms with Crippen LogP contribution in [0.3, 0.4) is 0 Å². The minimum Gasteiger partial charge on any atom is -0.481 e. The average Bonchev–Trinajstić information content (AvgIpc) is 3.19. The first-order valence-corrected chi connectivity index (χ1v) is 23.6. The molecule has 0 heterocycles. The Bertz CT molecular complexity index is 1100. The number of quaternary nitrogens is 1. The van der Waals surface area contributed by atoms with Gasteiger partial charge in [0.1, 0.15) is 19.2 Å². The molecular formula is C47H83NO8P+. The Morgan fingerprint density at radius 2 is 0.895 bits per heavy atom. The first-order valence-electron chi connectivity index (χ1n) is 22.1. The molecule has 0 fully saturated rings. The lowest BCUT2D eigenvalue weighted by molar-refractivity contribution is -0.849. The van der Waals surface area contributed by atoms with Crippen molar-refractivity contribution in [1.82, 2.24) is 0 Å². The maximum Gasteiger partial charge on any atom is 0.472 e. The second-order valence-corrected chi connectivity index (χ2v) is 16.3. The monoisotopic (exact) mass is 821 g/mol. The molecule has 0 bridgehead atoms. The van der Waals surface area contributed by atoms with E-state index in [0.717, 1.165) is 32.1 Å². The summed E-state index contributed by atoms with van der Waals surface area (Å²) in [6.45, 7) is 4.96. The lowest BCUT2D eigenvalue weighted by atomic mass is 10.0. The largest absolute Gasteiger partial charge is 0.481 e. The maximum absolute atomic E-state index is 12.0. The van der Waals surface area contributed by atoms with Crippen LogP contribution in [0.2, 0.25) is 0 Å². The number of ether oxygens (including phenoxy) is 1. The third-order valence-corrected chi connectivity index (χ3v) is 10.6. The fourth-order valence-corrected chi connectivity index (χ4v) is 6.91. The number of carboxylic acid groups (broad SMARTS) is 1. The van der Waals surface area contributed by atoms with Gasteiger partial charge in [0.2, 0.25) is 0 Å². The van der Waals surface area contributed by atoms with Gasteiger partial charge in [-0.1, -0.05) is 174 Å². The highest BCUT2D eigenvalue weighted by molar-refractivity contribution is 7.47. The third kappa shape index (κ3) is 45.8. The minimum absolute atomic E-state index is 0.0534. The van der Waals surface area contributed by atoms with Crippen LogP contribution < -0.4 is 0 Å². The molecule has 9 nitrogen and oxygen atoms in total. The van der Waals surface area contributed by atoms with Crippen LogP contribution in [0.4, 0.5) is 0 Å². The number of terminal acetylenes is 4. The SMILES string of the molecule is C#C.C#CC[N+](C#C)(CC#C)CCOP(=O)(O)OCCCOC(=O)CCCCCCCCCCCCCCC.CCCCCCCCCCCCCCCC(=O)O. The normalized spacial score (nSPS) is 11.7. The summed E-state index contributed by atoms with van der Waals surface area (Å²) in [6.07, 6.45) is 58.5. The maximum atomic E-state index is 12.0. The smallest absolute Gasteiger partial charge is 0.472 e. The summed E-state index contributed by atoms with van der Waals surface area (Å²) < 4.78 is 27.0. The number of carbonyl (C=O) groups is 2. The van der Waals surface area contributed by atoms with E-state index in [1.807, 2.05) is 0 Å². The molecule has 0 saturated carbocycles. The molecule has 57 heavy (non-hydrogen) atoms. The van der Waals surface area contributed by atoms with Gasteiger partial charge in [0.15, 0.2) is 13.1 Å². The van der Waals surface area contributed by atoms with Crippen LogP contribution in [0.15, 0.2) is 0 Å². The average molecular weight is 821 g/mol. The Kier molecular flexibility index (Phi) is 47.2. The van der Waals surface area contributed by atoms with Crippen LogP contribution in [0.5, 0.6) is 0 Å². The van der Waals surface area contributed by atoms with Gasteiger partial charge in [0.25, 0.3) is 0 Å². The van der Waals surface area contributed by atoms with Crippen molar-refractivity contribution in [2.24, 2.45) is 0 Å². The summed E-state index contributed by atoms with van der Waals surface area (Å²) in [4.78, 5) is 31.9. The summed E-state index contributed by atoms with van der Waals surface area (Å²) in [5, 5.41) is 8.49. The van der Waals surface area contributed by atoms with Crippen molar-refractivity contribution in [3.05, 3.63) is 0 Å². The van der Waals surface area contributed by atoms with E-state index in [9.17, 15) is 19.0 Å². The highest BCUT2D eigenvalue weighted by Crippen LogP contribution is 2.43. The van der Waals surface area contributed by atoms with Gasteiger partial charge in [-0.2, -0.15) is 0 Å². The molecule has 0 saturated heterocycles. The van der Waals surface area contributed by atoms with E-state index in [1.165, 1.54) is 135 Å². The number of nitrogens with zero attached hydrogens (tertiary/aromatic N) is 1. The molecule has 0 aromatic rings. The first kappa shape index (κ1) is 58.6. The van der Waals surface area contributed by atoms with Gasteiger partial charge < -0.3 is 14.7 Å². The number of esters is 1. The highest BCUT2D eigenvalue weighted by Gasteiger charge is 2.27. The number of rotatable bonds is 39. The molecule has 0 spiro atoms. The Labute approximate surface area is 350 Å². The van der Waals surface area contributed by atoms with Crippen LogP contribution in [0.25, 0.3) is 0 Å². The molecule has 328 valence electrons. The van der Waals surface area contributed by atoms with Crippen molar-refractivity contribution >= 4 is 19.8 Å². The van der Waals surface area contributed by atoms with Crippen molar-refractivity contribution in [3.63, 3.8) is 0 Å². The predicted octanol–water partition coefficient (Wildman–Crippen LogP) is 12.0. The molecule has 0 aliphatic heterocycles. The van der Waals surface area contributed by atoms with E-state index in [0.29, 0.717) is 12.8 Å². The molecular weight excluding hydrogens is 737 g/mol. The second-order valence-electron chi connectivity index (χ2n) is 14.8. The van der Waals surface area contributed by atoms with Crippen LogP contribution in [0, 0.1) is 50.0 Å². The van der Waals surface area contributed by atoms with Crippen LogP contribution in [-0.4, -0.2) is 65.9 Å². The van der Waals surface area contributed by atoms with Crippen molar-refractivity contribution in [3.8, 4) is 50.0 Å². The summed E-state index contributed by atoms with van der Waals surface area (Å²) in [5.41, 5.74) is 0. The molecule has 0 radical (unpaired) electrons. The number of phosphoric ester groups is 1. The van der Waals surface area contributed by atoms with Gasteiger partial charge in [0, 0.05) is 19.3 Å². The van der Waals surface area contributed by atoms with Gasteiger partial charge >= 0.3 is 19.8 Å². The Morgan fingerprint density at radius 3 is 1.25 bits per heavy atom. The molecule has 10 heteroatoms. The second kappa shape index (κ2) is 45.9. The highest BCUT2D eigenvalue weighted by atomic mass is 31.2. The van der Waals surface area contributed by atoms with E-state index in [2.05, 4.69) is 44.6 Å². The summed E-state index contributed by atoms with van der Waals surface area (Å²) in [5.74, 6) is 4.01. The number of carboxylic acids is 1. The number of hydrogen-bond acceptors (Lipinski definition) is 6. The molecule has 2 N–H and O–H groups in total. The van der Waals surface area contributed by atoms with Gasteiger partial charge in [0.05, 0.1) is 13.2 Å². The lowest BCUT2D eigenvalue weighted by Crippen LogP contribution is -2.46. The Hall–Kier alpha value is -2.75. The fourth-order valence-electron chi connectivity index (χ4n) is 6.17. The fraction of sp³-hybridized carbons (Fsp3) is 0.787. The van der Waals surface area contributed by atoms with Crippen LogP contribution >= 0.6 is 7.82 Å². The van der Waals surface area contributed by atoms with E-state index < -0.39 is 13.8 Å². The molecule has 0 aliphatic carbocycles. The van der Waals surface area contributed by atoms with E-state index >= 15 is 0 Å². The topological polar surface area (TPSA) is 119 Å². The number of aliphatic carboxylic acids is 1. The lowest BCUT2D eigenvalue weighted by Gasteiger charge is -2.27. The Balaban J connectivity index is -0.00000122. The first-order chi connectivity index (χ1) is 27.6. The summed E-state index contributed by atoms with van der Waals surface area (Å²) >= 11 is 0. The molecule has 0 amide bonds. The molecule has 0 aromatic carbocycles. The van der Waals surface area contributed by atoms with Crippen molar-refractivity contribution in [2.45, 2.75) is 200 Å². The third-order valence-electron chi connectivity index (χ3n) is 9.62. The predicted molar refractivity (Wildman–Crippen MR) is 237 cm³/mol. The van der Waals surface area contributed by atoms with Crippen LogP contribution in [0.1, 0.15) is 200 Å².